The van der Waals surface area contributed by atoms with E-state index in [0.717, 1.165) is 33.5 Å². The van der Waals surface area contributed by atoms with Gasteiger partial charge in [0, 0.05) is 35.8 Å². The molecule has 0 spiro atoms. The number of nitrogens with one attached hydrogen (secondary N) is 3. The van der Waals surface area contributed by atoms with Gasteiger partial charge in [-0.05, 0) is 37.1 Å². The van der Waals surface area contributed by atoms with Gasteiger partial charge in [-0.15, -0.1) is 5.48 Å². The molecule has 4 aromatic rings. The van der Waals surface area contributed by atoms with Gasteiger partial charge < -0.3 is 14.7 Å². The average molecular weight is 446 g/mol. The third-order valence-electron chi connectivity index (χ3n) is 5.81. The second-order valence-electron chi connectivity index (χ2n) is 7.99. The highest BCUT2D eigenvalue weighted by Crippen LogP contribution is 2.26. The predicted octanol–water partition coefficient (Wildman–Crippen LogP) is 4.21. The highest BCUT2D eigenvalue weighted by molar-refractivity contribution is 5.85. The number of halogens is 1. The van der Waals surface area contributed by atoms with Crippen molar-refractivity contribution in [2.24, 2.45) is 0 Å². The summed E-state index contributed by atoms with van der Waals surface area (Å²) in [7, 11) is 0. The van der Waals surface area contributed by atoms with Gasteiger partial charge >= 0.3 is 6.09 Å². The molecule has 0 radical (unpaired) electrons. The van der Waals surface area contributed by atoms with Gasteiger partial charge in [-0.1, -0.05) is 30.3 Å². The lowest BCUT2D eigenvalue weighted by Gasteiger charge is -2.12. The molecule has 3 heterocycles. The van der Waals surface area contributed by atoms with Crippen LogP contribution >= 0.6 is 0 Å². The molecule has 0 bridgehead atoms. The van der Waals surface area contributed by atoms with E-state index in [9.17, 15) is 9.18 Å². The van der Waals surface area contributed by atoms with Crippen LogP contribution in [0.2, 0.25) is 0 Å². The van der Waals surface area contributed by atoms with Crippen molar-refractivity contribution >= 4 is 22.8 Å². The quantitative estimate of drug-likeness (QED) is 0.411. The maximum Gasteiger partial charge on any atom is 0.427 e. The third kappa shape index (κ3) is 4.10. The number of carbonyl (C=O) groups excluding carboxylic acids is 1. The summed E-state index contributed by atoms with van der Waals surface area (Å²) in [6.07, 6.45) is 0.630. The van der Waals surface area contributed by atoms with Crippen LogP contribution in [0.1, 0.15) is 23.0 Å². The summed E-state index contributed by atoms with van der Waals surface area (Å²) < 4.78 is 16.5. The first-order valence-corrected chi connectivity index (χ1v) is 10.6. The molecule has 3 N–H and O–H groups in total. The first-order valence-electron chi connectivity index (χ1n) is 10.6. The van der Waals surface area contributed by atoms with Crippen molar-refractivity contribution in [1.82, 2.24) is 25.3 Å². The summed E-state index contributed by atoms with van der Waals surface area (Å²) in [6.45, 7) is 5.17. The van der Waals surface area contributed by atoms with Crippen molar-refractivity contribution in [2.45, 2.75) is 26.6 Å². The summed E-state index contributed by atoms with van der Waals surface area (Å²) >= 11 is 0. The molecule has 1 atom stereocenters. The molecule has 1 amide bonds. The summed E-state index contributed by atoms with van der Waals surface area (Å²) in [5.41, 5.74) is 7.89. The molecule has 1 unspecified atom stereocenters. The number of aromatic nitrogens is 3. The van der Waals surface area contributed by atoms with E-state index in [1.54, 1.807) is 0 Å². The van der Waals surface area contributed by atoms with Crippen LogP contribution in [-0.2, 0) is 11.4 Å². The number of hydrogen-bond donors (Lipinski definition) is 3. The summed E-state index contributed by atoms with van der Waals surface area (Å²) in [6, 6.07) is 14.9. The summed E-state index contributed by atoms with van der Waals surface area (Å²) in [4.78, 5) is 24.6. The van der Waals surface area contributed by atoms with Gasteiger partial charge in [-0.2, -0.15) is 0 Å². The van der Waals surface area contributed by atoms with E-state index >= 15 is 0 Å². The molecule has 8 nitrogen and oxygen atoms in total. The lowest BCUT2D eigenvalue weighted by molar-refractivity contribution is 0.122. The maximum absolute atomic E-state index is 14.5. The first kappa shape index (κ1) is 20.9. The standard InChI is InChI=1S/C24H23FN6O2/c1-14-3-8-19(25)22-18(14)11-15(2)31(22)10-9-26-21-12-20(27-13-28-21)16-4-6-17(7-5-16)23-29-24(32)33-30-23/h3-8,11-13,23,30H,9-10H2,1-2H3,(H,29,32)(H,26,27,28). The first-order chi connectivity index (χ1) is 16.0. The van der Waals surface area contributed by atoms with Crippen molar-refractivity contribution in [2.75, 3.05) is 11.9 Å². The molecular weight excluding hydrogens is 423 g/mol. The van der Waals surface area contributed by atoms with E-state index in [4.69, 9.17) is 4.84 Å². The van der Waals surface area contributed by atoms with Gasteiger partial charge in [0.05, 0.1) is 11.2 Å². The van der Waals surface area contributed by atoms with Crippen LogP contribution in [0.5, 0.6) is 0 Å². The molecule has 5 rings (SSSR count). The Balaban J connectivity index is 1.28. The molecule has 1 aliphatic rings. The monoisotopic (exact) mass is 446 g/mol. The molecule has 1 aliphatic heterocycles. The fourth-order valence-electron chi connectivity index (χ4n) is 4.08. The minimum Gasteiger partial charge on any atom is -0.368 e. The van der Waals surface area contributed by atoms with Crippen molar-refractivity contribution in [3.63, 3.8) is 0 Å². The smallest absolute Gasteiger partial charge is 0.368 e. The Bertz CT molecular complexity index is 1340. The topological polar surface area (TPSA) is 93.1 Å². The normalized spacial score (nSPS) is 15.5. The van der Waals surface area contributed by atoms with Crippen LogP contribution in [0.3, 0.4) is 0 Å². The Morgan fingerprint density at radius 3 is 2.70 bits per heavy atom. The average Bonchev–Trinajstić information content (AvgIpc) is 3.41. The molecule has 1 fully saturated rings. The van der Waals surface area contributed by atoms with Crippen LogP contribution in [0.4, 0.5) is 15.0 Å². The number of hydrogen-bond acceptors (Lipinski definition) is 6. The van der Waals surface area contributed by atoms with E-state index in [1.807, 2.05) is 60.9 Å². The van der Waals surface area contributed by atoms with Crippen molar-refractivity contribution in [3.05, 3.63) is 77.5 Å². The zero-order valence-corrected chi connectivity index (χ0v) is 18.2. The van der Waals surface area contributed by atoms with Crippen LogP contribution in [0, 0.1) is 19.7 Å². The Labute approximate surface area is 189 Å². The second kappa shape index (κ2) is 8.51. The second-order valence-corrected chi connectivity index (χ2v) is 7.99. The van der Waals surface area contributed by atoms with E-state index in [-0.39, 0.29) is 12.0 Å². The lowest BCUT2D eigenvalue weighted by atomic mass is 10.1. The molecule has 2 aromatic heterocycles. The molecule has 0 saturated carbocycles. The molecule has 9 heteroatoms. The number of amides is 1. The summed E-state index contributed by atoms with van der Waals surface area (Å²) in [5, 5.41) is 6.92. The highest BCUT2D eigenvalue weighted by Gasteiger charge is 2.23. The fourth-order valence-corrected chi connectivity index (χ4v) is 4.08. The zero-order chi connectivity index (χ0) is 22.9. The fraction of sp³-hybridized carbons (Fsp3) is 0.208. The lowest BCUT2D eigenvalue weighted by Crippen LogP contribution is -2.21. The third-order valence-corrected chi connectivity index (χ3v) is 5.81. The minimum atomic E-state index is -0.503. The van der Waals surface area contributed by atoms with Gasteiger partial charge in [0.25, 0.3) is 0 Å². The number of aryl methyl sites for hydroxylation is 2. The van der Waals surface area contributed by atoms with Crippen molar-refractivity contribution < 1.29 is 14.0 Å². The zero-order valence-electron chi connectivity index (χ0n) is 18.2. The van der Waals surface area contributed by atoms with Gasteiger partial charge in [0.15, 0.2) is 0 Å². The highest BCUT2D eigenvalue weighted by atomic mass is 19.1. The van der Waals surface area contributed by atoms with E-state index < -0.39 is 6.09 Å². The number of fused-ring (bicyclic) bond motifs is 1. The van der Waals surface area contributed by atoms with E-state index in [1.165, 1.54) is 12.4 Å². The number of rotatable bonds is 6. The Morgan fingerprint density at radius 2 is 1.94 bits per heavy atom. The maximum atomic E-state index is 14.5. The van der Waals surface area contributed by atoms with Crippen LogP contribution in [0.15, 0.2) is 54.9 Å². The Hall–Kier alpha value is -3.98. The molecule has 0 aliphatic carbocycles. The molecule has 33 heavy (non-hydrogen) atoms. The number of benzene rings is 2. The summed E-state index contributed by atoms with van der Waals surface area (Å²) in [5.74, 6) is 0.475. The Morgan fingerprint density at radius 1 is 1.12 bits per heavy atom. The number of anilines is 1. The van der Waals surface area contributed by atoms with Crippen molar-refractivity contribution in [1.29, 1.82) is 0 Å². The van der Waals surface area contributed by atoms with Crippen LogP contribution < -0.4 is 16.1 Å². The molecule has 168 valence electrons. The van der Waals surface area contributed by atoms with Crippen LogP contribution in [0.25, 0.3) is 22.2 Å². The van der Waals surface area contributed by atoms with Gasteiger partial charge in [0.2, 0.25) is 0 Å². The van der Waals surface area contributed by atoms with E-state index in [2.05, 4.69) is 26.1 Å². The molecule has 2 aromatic carbocycles. The SMILES string of the molecule is Cc1ccc(F)c2c1cc(C)n2CCNc1cc(-c2ccc(C3NOC(=O)N3)cc2)ncn1. The van der Waals surface area contributed by atoms with Gasteiger partial charge in [0.1, 0.15) is 24.1 Å². The molecule has 1 saturated heterocycles. The van der Waals surface area contributed by atoms with Crippen molar-refractivity contribution in [3.8, 4) is 11.3 Å². The van der Waals surface area contributed by atoms with Gasteiger partial charge in [-0.25, -0.2) is 19.2 Å². The molecular formula is C24H23FN6O2. The van der Waals surface area contributed by atoms with Gasteiger partial charge in [-0.3, -0.25) is 5.32 Å². The number of nitrogens with zero attached hydrogens (tertiary/aromatic N) is 3. The van der Waals surface area contributed by atoms with Crippen LogP contribution in [-0.4, -0.2) is 27.2 Å². The predicted molar refractivity (Wildman–Crippen MR) is 123 cm³/mol. The number of hydroxylamine groups is 1. The number of carbonyl (C=O) groups is 1. The largest absolute Gasteiger partial charge is 0.427 e. The Kier molecular flexibility index (Phi) is 5.39. The minimum absolute atomic E-state index is 0.213. The van der Waals surface area contributed by atoms with E-state index in [0.29, 0.717) is 24.4 Å².